The first-order valence-electron chi connectivity index (χ1n) is 2.91. The quantitative estimate of drug-likeness (QED) is 0.481. The first-order valence-corrected chi connectivity index (χ1v) is 2.91. The number of halogens is 6. The zero-order valence-corrected chi connectivity index (χ0v) is 9.92. The van der Waals surface area contributed by atoms with E-state index < -0.39 is 23.7 Å². The van der Waals surface area contributed by atoms with Crippen LogP contribution < -0.4 is 51.4 Å². The van der Waals surface area contributed by atoms with Crippen molar-refractivity contribution in [3.8, 4) is 0 Å². The Hall–Kier alpha value is 0.426. The summed E-state index contributed by atoms with van der Waals surface area (Å²) in [6, 6.07) is -0.0833. The minimum atomic E-state index is -4.86. The number of rotatable bonds is 0. The fourth-order valence-corrected chi connectivity index (χ4v) is 0.612. The summed E-state index contributed by atoms with van der Waals surface area (Å²) in [4.78, 5) is 0. The molecule has 0 radical (unpaired) electrons. The Morgan fingerprint density at radius 2 is 1.50 bits per heavy atom. The van der Waals surface area contributed by atoms with Crippen molar-refractivity contribution in [1.82, 2.24) is 10.2 Å². The van der Waals surface area contributed by atoms with Crippen LogP contribution in [-0.2, 0) is 12.4 Å². The topological polar surface area (TPSA) is 28.7 Å². The van der Waals surface area contributed by atoms with E-state index in [2.05, 4.69) is 5.10 Å². The van der Waals surface area contributed by atoms with Gasteiger partial charge >= 0.3 is 63.7 Å². The molecule has 74 valence electrons. The molecule has 1 heterocycles. The maximum absolute atomic E-state index is 11.8. The van der Waals surface area contributed by atoms with Gasteiger partial charge in [0.2, 0.25) is 0 Å². The summed E-state index contributed by atoms with van der Waals surface area (Å²) in [5, 5.41) is 3.74. The van der Waals surface area contributed by atoms with Gasteiger partial charge in [-0.1, -0.05) is 0 Å². The zero-order chi connectivity index (χ0) is 10.3. The second-order valence-corrected chi connectivity index (χ2v) is 2.16. The van der Waals surface area contributed by atoms with E-state index in [1.807, 2.05) is 0 Å². The van der Waals surface area contributed by atoms with Crippen molar-refractivity contribution in [3.63, 3.8) is 0 Å². The van der Waals surface area contributed by atoms with Gasteiger partial charge in [0.15, 0.2) is 5.69 Å². The smallest absolute Gasteiger partial charge is 0.273 e. The molecule has 0 aromatic carbocycles. The molecule has 0 aliphatic carbocycles. The summed E-state index contributed by atoms with van der Waals surface area (Å²) in [7, 11) is 0. The molecule has 0 unspecified atom stereocenters. The Bertz CT molecular complexity index is 271. The molecule has 0 atom stereocenters. The minimum absolute atomic E-state index is 0. The number of nitrogens with one attached hydrogen (secondary N) is 1. The van der Waals surface area contributed by atoms with Gasteiger partial charge < -0.3 is 0 Å². The van der Waals surface area contributed by atoms with Crippen LogP contribution in [0.15, 0.2) is 6.07 Å². The fraction of sp³-hybridized carbons (Fsp3) is 0.400. The number of aromatic nitrogens is 2. The van der Waals surface area contributed by atoms with Crippen LogP contribution in [0.4, 0.5) is 26.3 Å². The molecule has 1 aromatic rings. The van der Waals surface area contributed by atoms with Crippen LogP contribution in [0, 0.1) is 0 Å². The van der Waals surface area contributed by atoms with Gasteiger partial charge in [-0.05, 0) is 0 Å². The third kappa shape index (κ3) is 3.53. The van der Waals surface area contributed by atoms with E-state index in [1.54, 1.807) is 0 Å². The molecule has 0 fully saturated rings. The summed E-state index contributed by atoms with van der Waals surface area (Å²) in [6.07, 6.45) is -9.70. The van der Waals surface area contributed by atoms with Crippen LogP contribution in [-0.4, -0.2) is 10.2 Å². The molecule has 14 heavy (non-hydrogen) atoms. The third-order valence-electron chi connectivity index (χ3n) is 1.17. The molecule has 9 heteroatoms. The van der Waals surface area contributed by atoms with Gasteiger partial charge in [-0.3, -0.25) is 5.10 Å². The molecule has 0 amide bonds. The SMILES string of the molecule is FC(F)(F)c1cc(C(F)(F)F)[nH]n1.[K+]. The fourth-order valence-electron chi connectivity index (χ4n) is 0.612. The number of aromatic amines is 1. The Morgan fingerprint density at radius 3 is 1.71 bits per heavy atom. The molecule has 0 spiro atoms. The predicted octanol–water partition coefficient (Wildman–Crippen LogP) is -0.549. The number of nitrogens with zero attached hydrogens (tertiary/aromatic N) is 1. The molecule has 0 aliphatic heterocycles. The van der Waals surface area contributed by atoms with Gasteiger partial charge in [-0.2, -0.15) is 31.4 Å². The first-order chi connectivity index (χ1) is 5.71. The molecule has 0 saturated heterocycles. The second kappa shape index (κ2) is 4.52. The molecule has 0 aliphatic rings. The monoisotopic (exact) mass is 243 g/mol. The van der Waals surface area contributed by atoms with Gasteiger partial charge in [0.25, 0.3) is 0 Å². The summed E-state index contributed by atoms with van der Waals surface area (Å²) < 4.78 is 70.5. The van der Waals surface area contributed by atoms with Crippen LogP contribution >= 0.6 is 0 Å². The van der Waals surface area contributed by atoms with Crippen LogP contribution in [0.25, 0.3) is 0 Å². The predicted molar refractivity (Wildman–Crippen MR) is 28.6 cm³/mol. The van der Waals surface area contributed by atoms with E-state index in [9.17, 15) is 26.3 Å². The van der Waals surface area contributed by atoms with E-state index in [1.165, 1.54) is 5.10 Å². The van der Waals surface area contributed by atoms with Gasteiger partial charge in [-0.25, -0.2) is 0 Å². The molecule has 1 rings (SSSR count). The van der Waals surface area contributed by atoms with E-state index in [-0.39, 0.29) is 57.5 Å². The van der Waals surface area contributed by atoms with E-state index in [0.717, 1.165) is 0 Å². The minimum Gasteiger partial charge on any atom is -0.273 e. The van der Waals surface area contributed by atoms with Gasteiger partial charge in [-0.15, -0.1) is 0 Å². The maximum atomic E-state index is 11.8. The molecule has 0 saturated carbocycles. The average Bonchev–Trinajstić information content (AvgIpc) is 2.28. The molecule has 2 nitrogen and oxygen atoms in total. The molecular weight excluding hydrogens is 241 g/mol. The van der Waals surface area contributed by atoms with Crippen molar-refractivity contribution in [2.24, 2.45) is 0 Å². The summed E-state index contributed by atoms with van der Waals surface area (Å²) in [5.74, 6) is 0. The van der Waals surface area contributed by atoms with Crippen molar-refractivity contribution < 1.29 is 77.7 Å². The first kappa shape index (κ1) is 14.4. The molecule has 0 bridgehead atoms. The number of hydrogen-bond acceptors (Lipinski definition) is 1. The maximum Gasteiger partial charge on any atom is 1.00 e. The molecule has 1 aromatic heterocycles. The van der Waals surface area contributed by atoms with Gasteiger partial charge in [0.05, 0.1) is 0 Å². The second-order valence-electron chi connectivity index (χ2n) is 2.16. The van der Waals surface area contributed by atoms with Crippen LogP contribution in [0.2, 0.25) is 0 Å². The zero-order valence-electron chi connectivity index (χ0n) is 6.79. The number of hydrogen-bond donors (Lipinski definition) is 1. The summed E-state index contributed by atoms with van der Waals surface area (Å²) in [6.45, 7) is 0. The van der Waals surface area contributed by atoms with E-state index in [0.29, 0.717) is 0 Å². The summed E-state index contributed by atoms with van der Waals surface area (Å²) >= 11 is 0. The van der Waals surface area contributed by atoms with Crippen LogP contribution in [0.5, 0.6) is 0 Å². The normalized spacial score (nSPS) is 12.4. The number of H-pyrrole nitrogens is 1. The Morgan fingerprint density at radius 1 is 1.00 bits per heavy atom. The largest absolute Gasteiger partial charge is 1.00 e. The Balaban J connectivity index is 0.00000169. The van der Waals surface area contributed by atoms with Crippen LogP contribution in [0.3, 0.4) is 0 Å². The number of alkyl halides is 6. The van der Waals surface area contributed by atoms with E-state index in [4.69, 9.17) is 0 Å². The standard InChI is InChI=1S/C5H2F6N2.K/c6-4(7,8)2-1-3(13-12-2)5(9,10)11;/h1H,(H,12,13);/q;+1. The van der Waals surface area contributed by atoms with Crippen molar-refractivity contribution in [1.29, 1.82) is 0 Å². The van der Waals surface area contributed by atoms with E-state index >= 15 is 0 Å². The molecular formula is C5H2F6KN2+. The van der Waals surface area contributed by atoms with Gasteiger partial charge in [0, 0.05) is 6.07 Å². The molecule has 1 N–H and O–H groups in total. The average molecular weight is 243 g/mol. The van der Waals surface area contributed by atoms with Crippen molar-refractivity contribution in [3.05, 3.63) is 17.5 Å². The van der Waals surface area contributed by atoms with Crippen molar-refractivity contribution >= 4 is 0 Å². The van der Waals surface area contributed by atoms with Crippen molar-refractivity contribution in [2.75, 3.05) is 0 Å². The Labute approximate surface area is 116 Å². The van der Waals surface area contributed by atoms with Gasteiger partial charge in [0.1, 0.15) is 5.69 Å². The Kier molecular flexibility index (Phi) is 4.65. The third-order valence-corrected chi connectivity index (χ3v) is 1.17. The van der Waals surface area contributed by atoms with Crippen molar-refractivity contribution in [2.45, 2.75) is 12.4 Å². The summed E-state index contributed by atoms with van der Waals surface area (Å²) in [5.41, 5.74) is -3.10. The van der Waals surface area contributed by atoms with Crippen LogP contribution in [0.1, 0.15) is 11.4 Å².